The summed E-state index contributed by atoms with van der Waals surface area (Å²) in [7, 11) is 0. The number of carbonyl (C=O) groups excluding carboxylic acids is 3. The first-order chi connectivity index (χ1) is 16.8. The molecule has 2 aromatic rings. The molecule has 0 bridgehead atoms. The molecule has 9 heteroatoms. The number of hydrogen-bond acceptors (Lipinski definition) is 5. The van der Waals surface area contributed by atoms with E-state index in [4.69, 9.17) is 11.6 Å². The third-order valence-electron chi connectivity index (χ3n) is 7.27. The fourth-order valence-corrected chi connectivity index (χ4v) is 5.33. The van der Waals surface area contributed by atoms with Gasteiger partial charge in [-0.15, -0.1) is 0 Å². The molecule has 0 aromatic heterocycles. The van der Waals surface area contributed by atoms with E-state index in [-0.39, 0.29) is 31.1 Å². The summed E-state index contributed by atoms with van der Waals surface area (Å²) in [5.74, 6) is -0.340. The quantitative estimate of drug-likeness (QED) is 0.602. The van der Waals surface area contributed by atoms with Gasteiger partial charge in [0.1, 0.15) is 5.54 Å². The second-order valence-electron chi connectivity index (χ2n) is 9.69. The van der Waals surface area contributed by atoms with Crippen LogP contribution < -0.4 is 10.6 Å². The first-order valence-electron chi connectivity index (χ1n) is 12.1. The van der Waals surface area contributed by atoms with Crippen LogP contribution in [-0.2, 0) is 28.0 Å². The molecular weight excluding hydrogens is 466 g/mol. The molecule has 4 amide bonds. The molecule has 1 atom stereocenters. The Hall–Kier alpha value is -2.94. The van der Waals surface area contributed by atoms with Crippen molar-refractivity contribution in [1.29, 1.82) is 0 Å². The number of hydrogen-bond donors (Lipinski definition) is 2. The van der Waals surface area contributed by atoms with Gasteiger partial charge < -0.3 is 10.6 Å². The maximum atomic E-state index is 13.4. The summed E-state index contributed by atoms with van der Waals surface area (Å²) in [4.78, 5) is 44.0. The number of rotatable bonds is 6. The topological polar surface area (TPSA) is 85.0 Å². The number of nitrogens with one attached hydrogen (secondary N) is 2. The number of urea groups is 1. The van der Waals surface area contributed by atoms with Crippen LogP contribution in [0.25, 0.3) is 0 Å². The predicted octanol–water partition coefficient (Wildman–Crippen LogP) is 2.81. The molecule has 8 nitrogen and oxygen atoms in total. The predicted molar refractivity (Wildman–Crippen MR) is 134 cm³/mol. The van der Waals surface area contributed by atoms with Gasteiger partial charge >= 0.3 is 6.03 Å². The average molecular weight is 496 g/mol. The number of carbonyl (C=O) groups is 3. The molecule has 2 saturated heterocycles. The van der Waals surface area contributed by atoms with Gasteiger partial charge in [0.15, 0.2) is 0 Å². The van der Waals surface area contributed by atoms with Crippen LogP contribution in [0.15, 0.2) is 42.5 Å². The lowest BCUT2D eigenvalue weighted by molar-refractivity contribution is -0.132. The number of aryl methyl sites for hydroxylation is 2. The highest BCUT2D eigenvalue weighted by Crippen LogP contribution is 2.32. The van der Waals surface area contributed by atoms with Gasteiger partial charge in [0.2, 0.25) is 5.91 Å². The van der Waals surface area contributed by atoms with Crippen molar-refractivity contribution in [2.75, 3.05) is 44.7 Å². The van der Waals surface area contributed by atoms with Crippen LogP contribution in [0.2, 0.25) is 5.02 Å². The Kier molecular flexibility index (Phi) is 6.53. The molecular formula is C26H30ClN5O3. The van der Waals surface area contributed by atoms with Crippen molar-refractivity contribution < 1.29 is 14.4 Å². The molecule has 184 valence electrons. The van der Waals surface area contributed by atoms with E-state index in [1.807, 2.05) is 18.2 Å². The van der Waals surface area contributed by atoms with Crippen molar-refractivity contribution in [3.8, 4) is 0 Å². The standard InChI is InChI=1S/C26H30ClN5O3/c1-26(20-10-9-18-5-4-6-19(18)15-20)24(34)32(25(35)29-26)17-31-13-11-30(12-14-31)16-23(33)28-22-8-3-2-7-21(22)27/h2-3,7-10,15H,4-6,11-14,16-17H2,1H3,(H,28,33)(H,29,35)/t26-/m1/s1. The first kappa shape index (κ1) is 23.8. The number of halogens is 1. The van der Waals surface area contributed by atoms with E-state index in [9.17, 15) is 14.4 Å². The van der Waals surface area contributed by atoms with Crippen molar-refractivity contribution in [3.05, 3.63) is 64.2 Å². The van der Waals surface area contributed by atoms with E-state index in [1.54, 1.807) is 19.1 Å². The third-order valence-corrected chi connectivity index (χ3v) is 7.60. The number of nitrogens with zero attached hydrogens (tertiary/aromatic N) is 3. The highest BCUT2D eigenvalue weighted by atomic mass is 35.5. The average Bonchev–Trinajstić information content (AvgIpc) is 3.40. The van der Waals surface area contributed by atoms with E-state index in [0.717, 1.165) is 24.8 Å². The molecule has 2 aromatic carbocycles. The van der Waals surface area contributed by atoms with Gasteiger partial charge in [-0.25, -0.2) is 9.69 Å². The van der Waals surface area contributed by atoms with Gasteiger partial charge in [0.05, 0.1) is 23.9 Å². The Morgan fingerprint density at radius 3 is 2.51 bits per heavy atom. The van der Waals surface area contributed by atoms with Gasteiger partial charge in [0, 0.05) is 26.2 Å². The van der Waals surface area contributed by atoms with Gasteiger partial charge in [-0.2, -0.15) is 0 Å². The zero-order valence-electron chi connectivity index (χ0n) is 19.8. The van der Waals surface area contributed by atoms with Crippen LogP contribution >= 0.6 is 11.6 Å². The summed E-state index contributed by atoms with van der Waals surface area (Å²) >= 11 is 6.12. The summed E-state index contributed by atoms with van der Waals surface area (Å²) in [6.45, 7) is 4.95. The van der Waals surface area contributed by atoms with E-state index in [1.165, 1.54) is 16.0 Å². The molecule has 0 unspecified atom stereocenters. The zero-order chi connectivity index (χ0) is 24.6. The number of para-hydroxylation sites is 1. The van der Waals surface area contributed by atoms with Crippen LogP contribution in [-0.4, -0.2) is 71.9 Å². The smallest absolute Gasteiger partial charge is 0.324 e. The largest absolute Gasteiger partial charge is 0.326 e. The summed E-state index contributed by atoms with van der Waals surface area (Å²) in [5, 5.41) is 6.28. The van der Waals surface area contributed by atoms with Gasteiger partial charge in [-0.1, -0.05) is 41.9 Å². The highest BCUT2D eigenvalue weighted by molar-refractivity contribution is 6.33. The van der Waals surface area contributed by atoms with E-state index < -0.39 is 5.54 Å². The van der Waals surface area contributed by atoms with Crippen molar-refractivity contribution in [2.24, 2.45) is 0 Å². The van der Waals surface area contributed by atoms with Crippen LogP contribution in [0, 0.1) is 0 Å². The molecule has 2 fully saturated rings. The van der Waals surface area contributed by atoms with Gasteiger partial charge in [0.25, 0.3) is 5.91 Å². The SMILES string of the molecule is C[C@]1(c2ccc3c(c2)CCC3)NC(=O)N(CN2CCN(CC(=O)Nc3ccccc3Cl)CC2)C1=O. The van der Waals surface area contributed by atoms with Crippen molar-refractivity contribution in [3.63, 3.8) is 0 Å². The number of fused-ring (bicyclic) bond motifs is 1. The maximum absolute atomic E-state index is 13.4. The van der Waals surface area contributed by atoms with E-state index in [2.05, 4.69) is 32.6 Å². The van der Waals surface area contributed by atoms with E-state index in [0.29, 0.717) is 36.9 Å². The molecule has 2 aliphatic heterocycles. The maximum Gasteiger partial charge on any atom is 0.326 e. The third kappa shape index (κ3) is 4.78. The Bertz CT molecular complexity index is 1160. The monoisotopic (exact) mass is 495 g/mol. The van der Waals surface area contributed by atoms with E-state index >= 15 is 0 Å². The zero-order valence-corrected chi connectivity index (χ0v) is 20.6. The molecule has 2 heterocycles. The van der Waals surface area contributed by atoms with Crippen LogP contribution in [0.1, 0.15) is 30.0 Å². The van der Waals surface area contributed by atoms with Crippen molar-refractivity contribution in [1.82, 2.24) is 20.0 Å². The number of benzene rings is 2. The lowest BCUT2D eigenvalue weighted by Gasteiger charge is -2.35. The number of imide groups is 1. The second kappa shape index (κ2) is 9.60. The summed E-state index contributed by atoms with van der Waals surface area (Å²) in [6, 6.07) is 12.9. The summed E-state index contributed by atoms with van der Waals surface area (Å²) in [6.07, 6.45) is 3.23. The minimum absolute atomic E-state index is 0.120. The molecule has 0 saturated carbocycles. The first-order valence-corrected chi connectivity index (χ1v) is 12.5. The Morgan fingerprint density at radius 1 is 1.03 bits per heavy atom. The van der Waals surface area contributed by atoms with Crippen molar-refractivity contribution in [2.45, 2.75) is 31.7 Å². The minimum atomic E-state index is -1.05. The number of amides is 4. The Balaban J connectivity index is 1.15. The van der Waals surface area contributed by atoms with Crippen molar-refractivity contribution >= 4 is 35.1 Å². The van der Waals surface area contributed by atoms with Gasteiger partial charge in [-0.05, 0) is 55.0 Å². The lowest BCUT2D eigenvalue weighted by Crippen LogP contribution is -2.52. The molecule has 5 rings (SSSR count). The number of piperazine rings is 1. The second-order valence-corrected chi connectivity index (χ2v) is 10.1. The Labute approximate surface area is 210 Å². The summed E-state index contributed by atoms with van der Waals surface area (Å²) in [5.41, 5.74) is 3.01. The van der Waals surface area contributed by atoms with Crippen LogP contribution in [0.5, 0.6) is 0 Å². The number of anilines is 1. The fraction of sp³-hybridized carbons (Fsp3) is 0.423. The molecule has 0 radical (unpaired) electrons. The fourth-order valence-electron chi connectivity index (χ4n) is 5.15. The van der Waals surface area contributed by atoms with Crippen LogP contribution in [0.3, 0.4) is 0 Å². The normalized spacial score (nSPS) is 22.9. The Morgan fingerprint density at radius 2 is 1.74 bits per heavy atom. The van der Waals surface area contributed by atoms with Crippen LogP contribution in [0.4, 0.5) is 10.5 Å². The molecule has 1 aliphatic carbocycles. The summed E-state index contributed by atoms with van der Waals surface area (Å²) < 4.78 is 0. The molecule has 2 N–H and O–H groups in total. The molecule has 35 heavy (non-hydrogen) atoms. The molecule has 0 spiro atoms. The minimum Gasteiger partial charge on any atom is -0.324 e. The lowest BCUT2D eigenvalue weighted by atomic mass is 9.90. The molecule has 3 aliphatic rings. The van der Waals surface area contributed by atoms with Gasteiger partial charge in [-0.3, -0.25) is 19.4 Å². The highest BCUT2D eigenvalue weighted by Gasteiger charge is 2.49.